The van der Waals surface area contributed by atoms with Crippen molar-refractivity contribution >= 4 is 23.9 Å². The van der Waals surface area contributed by atoms with E-state index in [9.17, 15) is 19.2 Å². The third kappa shape index (κ3) is 5.32. The van der Waals surface area contributed by atoms with Gasteiger partial charge in [-0.1, -0.05) is 0 Å². The second-order valence-electron chi connectivity index (χ2n) is 4.60. The minimum absolute atomic E-state index is 0.247. The molecule has 0 aromatic carbocycles. The molecule has 4 atom stereocenters. The smallest absolute Gasteiger partial charge is 0.305 e. The van der Waals surface area contributed by atoms with Crippen molar-refractivity contribution in [3.05, 3.63) is 0 Å². The highest BCUT2D eigenvalue weighted by molar-refractivity contribution is 5.68. The standard InChI is InChI=1S/C13H18O9/c1-6(14)18-5-10-11(19-7(2)15)12(20-8(3)16)13(22-10)21-9(4)17/h10-13H,5H2,1-4H3/t10?,11?,12?,13-/m1/s1. The molecule has 1 fully saturated rings. The quantitative estimate of drug-likeness (QED) is 0.497. The van der Waals surface area contributed by atoms with E-state index in [1.54, 1.807) is 0 Å². The summed E-state index contributed by atoms with van der Waals surface area (Å²) in [6.45, 7) is 4.40. The summed E-state index contributed by atoms with van der Waals surface area (Å²) in [4.78, 5) is 44.4. The molecule has 9 heteroatoms. The summed E-state index contributed by atoms with van der Waals surface area (Å²) in [5, 5.41) is 0. The first-order chi connectivity index (χ1) is 10.2. The zero-order valence-corrected chi connectivity index (χ0v) is 12.7. The van der Waals surface area contributed by atoms with Crippen LogP contribution in [0.5, 0.6) is 0 Å². The van der Waals surface area contributed by atoms with Crippen molar-refractivity contribution in [3.8, 4) is 0 Å². The summed E-state index contributed by atoms with van der Waals surface area (Å²) in [5.41, 5.74) is 0. The van der Waals surface area contributed by atoms with Gasteiger partial charge in [-0.3, -0.25) is 19.2 Å². The van der Waals surface area contributed by atoms with Crippen LogP contribution in [0.4, 0.5) is 0 Å². The van der Waals surface area contributed by atoms with Crippen LogP contribution in [-0.4, -0.2) is 55.1 Å². The second kappa shape index (κ2) is 7.74. The highest BCUT2D eigenvalue weighted by Crippen LogP contribution is 2.28. The average Bonchev–Trinajstić information content (AvgIpc) is 2.63. The first-order valence-corrected chi connectivity index (χ1v) is 6.51. The Labute approximate surface area is 126 Å². The Bertz CT molecular complexity index is 458. The minimum atomic E-state index is -1.26. The number of hydrogen-bond acceptors (Lipinski definition) is 9. The molecule has 0 saturated carbocycles. The molecule has 0 radical (unpaired) electrons. The summed E-state index contributed by atoms with van der Waals surface area (Å²) >= 11 is 0. The molecule has 0 spiro atoms. The number of rotatable bonds is 5. The van der Waals surface area contributed by atoms with Gasteiger partial charge in [-0.15, -0.1) is 0 Å². The van der Waals surface area contributed by atoms with Crippen LogP contribution in [0.1, 0.15) is 27.7 Å². The predicted molar refractivity (Wildman–Crippen MR) is 68.2 cm³/mol. The van der Waals surface area contributed by atoms with Crippen molar-refractivity contribution in [2.75, 3.05) is 6.61 Å². The van der Waals surface area contributed by atoms with Crippen molar-refractivity contribution in [2.45, 2.75) is 52.3 Å². The van der Waals surface area contributed by atoms with E-state index < -0.39 is 48.5 Å². The highest BCUT2D eigenvalue weighted by Gasteiger charge is 2.51. The fraction of sp³-hybridized carbons (Fsp3) is 0.692. The lowest BCUT2D eigenvalue weighted by molar-refractivity contribution is -0.197. The maximum atomic E-state index is 11.2. The van der Waals surface area contributed by atoms with E-state index in [-0.39, 0.29) is 6.61 Å². The number of hydrogen-bond donors (Lipinski definition) is 0. The average molecular weight is 318 g/mol. The van der Waals surface area contributed by atoms with Gasteiger partial charge in [0.15, 0.2) is 6.10 Å². The molecule has 124 valence electrons. The normalized spacial score (nSPS) is 26.9. The van der Waals surface area contributed by atoms with Crippen LogP contribution in [-0.2, 0) is 42.9 Å². The van der Waals surface area contributed by atoms with E-state index in [1.807, 2.05) is 0 Å². The van der Waals surface area contributed by atoms with Gasteiger partial charge in [0.2, 0.25) is 12.4 Å². The topological polar surface area (TPSA) is 114 Å². The lowest BCUT2D eigenvalue weighted by atomic mass is 10.1. The summed E-state index contributed by atoms with van der Waals surface area (Å²) in [7, 11) is 0. The van der Waals surface area contributed by atoms with E-state index in [1.165, 1.54) is 6.92 Å². The van der Waals surface area contributed by atoms with Crippen LogP contribution >= 0.6 is 0 Å². The van der Waals surface area contributed by atoms with Crippen molar-refractivity contribution < 1.29 is 42.9 Å². The van der Waals surface area contributed by atoms with E-state index in [2.05, 4.69) is 0 Å². The molecule has 1 rings (SSSR count). The van der Waals surface area contributed by atoms with E-state index in [0.717, 1.165) is 20.8 Å². The SMILES string of the molecule is CC(=O)OCC1O[C@@H](OC(C)=O)C(OC(C)=O)C1OC(C)=O. The summed E-state index contributed by atoms with van der Waals surface area (Å²) in [6, 6.07) is 0. The first kappa shape index (κ1) is 17.9. The minimum Gasteiger partial charge on any atom is -0.463 e. The van der Waals surface area contributed by atoms with Crippen LogP contribution in [0.3, 0.4) is 0 Å². The monoisotopic (exact) mass is 318 g/mol. The number of esters is 4. The second-order valence-corrected chi connectivity index (χ2v) is 4.60. The van der Waals surface area contributed by atoms with Gasteiger partial charge in [0.25, 0.3) is 0 Å². The van der Waals surface area contributed by atoms with Crippen molar-refractivity contribution in [2.24, 2.45) is 0 Å². The molecule has 0 bridgehead atoms. The molecule has 0 N–H and O–H groups in total. The van der Waals surface area contributed by atoms with E-state index in [0.29, 0.717) is 0 Å². The van der Waals surface area contributed by atoms with Crippen LogP contribution in [0.15, 0.2) is 0 Å². The van der Waals surface area contributed by atoms with Crippen LogP contribution in [0, 0.1) is 0 Å². The van der Waals surface area contributed by atoms with Gasteiger partial charge in [0.1, 0.15) is 12.7 Å². The summed E-state index contributed by atoms with van der Waals surface area (Å²) < 4.78 is 25.2. The van der Waals surface area contributed by atoms with Crippen LogP contribution in [0.25, 0.3) is 0 Å². The maximum Gasteiger partial charge on any atom is 0.305 e. The molecule has 1 aliphatic rings. The molecule has 0 amide bonds. The number of carbonyl (C=O) groups is 4. The Morgan fingerprint density at radius 3 is 1.73 bits per heavy atom. The largest absolute Gasteiger partial charge is 0.463 e. The fourth-order valence-corrected chi connectivity index (χ4v) is 1.93. The molecular weight excluding hydrogens is 300 g/mol. The Balaban J connectivity index is 2.94. The highest BCUT2D eigenvalue weighted by atomic mass is 16.8. The van der Waals surface area contributed by atoms with Crippen molar-refractivity contribution in [1.29, 1.82) is 0 Å². The Hall–Kier alpha value is -2.16. The van der Waals surface area contributed by atoms with Gasteiger partial charge < -0.3 is 23.7 Å². The zero-order valence-electron chi connectivity index (χ0n) is 12.7. The summed E-state index contributed by atoms with van der Waals surface area (Å²) in [6.07, 6.45) is -4.40. The molecule has 1 heterocycles. The number of carbonyl (C=O) groups excluding carboxylic acids is 4. The lowest BCUT2D eigenvalue weighted by Crippen LogP contribution is -2.42. The van der Waals surface area contributed by atoms with Gasteiger partial charge in [-0.2, -0.15) is 0 Å². The first-order valence-electron chi connectivity index (χ1n) is 6.51. The lowest BCUT2D eigenvalue weighted by Gasteiger charge is -2.22. The van der Waals surface area contributed by atoms with Gasteiger partial charge in [0, 0.05) is 27.7 Å². The Morgan fingerprint density at radius 2 is 1.27 bits per heavy atom. The molecule has 3 unspecified atom stereocenters. The van der Waals surface area contributed by atoms with Gasteiger partial charge >= 0.3 is 23.9 Å². The third-order valence-electron chi connectivity index (χ3n) is 2.60. The van der Waals surface area contributed by atoms with Crippen LogP contribution < -0.4 is 0 Å². The molecule has 0 aromatic heterocycles. The molecule has 1 saturated heterocycles. The van der Waals surface area contributed by atoms with E-state index >= 15 is 0 Å². The third-order valence-corrected chi connectivity index (χ3v) is 2.60. The maximum absolute atomic E-state index is 11.2. The molecule has 9 nitrogen and oxygen atoms in total. The number of ether oxygens (including phenoxy) is 5. The van der Waals surface area contributed by atoms with Gasteiger partial charge in [-0.05, 0) is 0 Å². The molecule has 0 aromatic rings. The van der Waals surface area contributed by atoms with Gasteiger partial charge in [-0.25, -0.2) is 0 Å². The molecule has 0 aliphatic carbocycles. The molecule has 1 aliphatic heterocycles. The van der Waals surface area contributed by atoms with Crippen molar-refractivity contribution in [3.63, 3.8) is 0 Å². The summed E-state index contributed by atoms with van der Waals surface area (Å²) in [5.74, 6) is -2.56. The zero-order chi connectivity index (χ0) is 16.9. The van der Waals surface area contributed by atoms with Crippen molar-refractivity contribution in [1.82, 2.24) is 0 Å². The van der Waals surface area contributed by atoms with Crippen LogP contribution in [0.2, 0.25) is 0 Å². The fourth-order valence-electron chi connectivity index (χ4n) is 1.93. The van der Waals surface area contributed by atoms with E-state index in [4.69, 9.17) is 23.7 Å². The molecular formula is C13H18O9. The van der Waals surface area contributed by atoms with Gasteiger partial charge in [0.05, 0.1) is 0 Å². The Morgan fingerprint density at radius 1 is 0.773 bits per heavy atom. The Kier molecular flexibility index (Phi) is 6.29. The predicted octanol–water partition coefficient (Wildman–Crippen LogP) is -0.299. The molecule has 22 heavy (non-hydrogen) atoms.